The van der Waals surface area contributed by atoms with Crippen LogP contribution in [0.1, 0.15) is 39.0 Å². The van der Waals surface area contributed by atoms with Crippen LogP contribution >= 0.6 is 0 Å². The van der Waals surface area contributed by atoms with Crippen molar-refractivity contribution in [2.24, 2.45) is 5.92 Å². The molecule has 0 radical (unpaired) electrons. The van der Waals surface area contributed by atoms with Crippen LogP contribution in [0.5, 0.6) is 0 Å². The third-order valence-electron chi connectivity index (χ3n) is 3.56. The first-order chi connectivity index (χ1) is 8.45. The Morgan fingerprint density at radius 3 is 2.67 bits per heavy atom. The van der Waals surface area contributed by atoms with Crippen LogP contribution in [0.15, 0.2) is 0 Å². The van der Waals surface area contributed by atoms with Gasteiger partial charge in [-0.3, -0.25) is 0 Å². The molecule has 1 aliphatic rings. The lowest BCUT2D eigenvalue weighted by Crippen LogP contribution is -2.45. The Labute approximate surface area is 112 Å². The minimum Gasteiger partial charge on any atom is -0.320 e. The number of rotatable bonds is 7. The Morgan fingerprint density at radius 2 is 2.06 bits per heavy atom. The summed E-state index contributed by atoms with van der Waals surface area (Å²) in [7, 11) is 0.206. The van der Waals surface area contributed by atoms with Crippen molar-refractivity contribution in [3.63, 3.8) is 0 Å². The molecular formula is C12H27N3O2S. The summed E-state index contributed by atoms with van der Waals surface area (Å²) >= 11 is 0. The fraction of sp³-hybridized carbons (Fsp3) is 1.00. The van der Waals surface area contributed by atoms with Crippen LogP contribution in [-0.2, 0) is 10.2 Å². The maximum Gasteiger partial charge on any atom is 0.279 e. The van der Waals surface area contributed by atoms with Crippen LogP contribution in [0.2, 0.25) is 0 Å². The van der Waals surface area contributed by atoms with E-state index in [9.17, 15) is 8.42 Å². The van der Waals surface area contributed by atoms with Gasteiger partial charge in [-0.1, -0.05) is 19.8 Å². The standard InChI is InChI=1S/C12H27N3O2S/c1-11-6-4-7-12(10-11)14-18(16,17)15(3)9-5-8-13-2/h11-14H,4-10H2,1-3H3. The molecule has 0 amide bonds. The van der Waals surface area contributed by atoms with Gasteiger partial charge in [0.25, 0.3) is 10.2 Å². The molecule has 0 saturated heterocycles. The van der Waals surface area contributed by atoms with Crippen molar-refractivity contribution in [2.45, 2.75) is 45.1 Å². The minimum absolute atomic E-state index is 0.116. The molecule has 1 rings (SSSR count). The van der Waals surface area contributed by atoms with Gasteiger partial charge in [-0.25, -0.2) is 0 Å². The van der Waals surface area contributed by atoms with Crippen LogP contribution in [0.25, 0.3) is 0 Å². The number of nitrogens with one attached hydrogen (secondary N) is 2. The average Bonchev–Trinajstić information content (AvgIpc) is 2.28. The average molecular weight is 277 g/mol. The Morgan fingerprint density at radius 1 is 1.33 bits per heavy atom. The minimum atomic E-state index is -3.31. The molecule has 1 fully saturated rings. The molecule has 0 spiro atoms. The lowest BCUT2D eigenvalue weighted by atomic mass is 9.88. The zero-order valence-corrected chi connectivity index (χ0v) is 12.6. The van der Waals surface area contributed by atoms with Crippen molar-refractivity contribution in [3.05, 3.63) is 0 Å². The molecule has 6 heteroatoms. The van der Waals surface area contributed by atoms with Gasteiger partial charge < -0.3 is 5.32 Å². The third kappa shape index (κ3) is 5.22. The van der Waals surface area contributed by atoms with Gasteiger partial charge in [0.05, 0.1) is 0 Å². The van der Waals surface area contributed by atoms with Gasteiger partial charge in [-0.15, -0.1) is 0 Å². The van der Waals surface area contributed by atoms with Gasteiger partial charge in [0.1, 0.15) is 0 Å². The second-order valence-corrected chi connectivity index (χ2v) is 7.18. The Bertz CT molecular complexity index is 332. The Balaban J connectivity index is 2.42. The van der Waals surface area contributed by atoms with Crippen LogP contribution < -0.4 is 10.0 Å². The third-order valence-corrected chi connectivity index (χ3v) is 5.20. The largest absolute Gasteiger partial charge is 0.320 e. The summed E-state index contributed by atoms with van der Waals surface area (Å²) in [6.07, 6.45) is 5.10. The summed E-state index contributed by atoms with van der Waals surface area (Å²) in [6, 6.07) is 0.116. The lowest BCUT2D eigenvalue weighted by Gasteiger charge is -2.29. The molecule has 1 aliphatic carbocycles. The second-order valence-electron chi connectivity index (χ2n) is 5.37. The van der Waals surface area contributed by atoms with Crippen LogP contribution in [0.4, 0.5) is 0 Å². The number of nitrogens with zero attached hydrogens (tertiary/aromatic N) is 1. The summed E-state index contributed by atoms with van der Waals surface area (Å²) in [5, 5.41) is 3.02. The molecule has 2 N–H and O–H groups in total. The van der Waals surface area contributed by atoms with Gasteiger partial charge in [-0.2, -0.15) is 17.4 Å². The summed E-state index contributed by atoms with van der Waals surface area (Å²) in [4.78, 5) is 0. The van der Waals surface area contributed by atoms with E-state index in [-0.39, 0.29) is 6.04 Å². The molecule has 2 atom stereocenters. The first-order valence-corrected chi connectivity index (χ1v) is 8.28. The Kier molecular flexibility index (Phi) is 6.55. The number of hydrogen-bond donors (Lipinski definition) is 2. The fourth-order valence-corrected chi connectivity index (χ4v) is 3.63. The molecule has 5 nitrogen and oxygen atoms in total. The highest BCUT2D eigenvalue weighted by atomic mass is 32.2. The van der Waals surface area contributed by atoms with Gasteiger partial charge in [0.15, 0.2) is 0 Å². The first kappa shape index (κ1) is 15.9. The van der Waals surface area contributed by atoms with E-state index in [0.29, 0.717) is 12.5 Å². The smallest absolute Gasteiger partial charge is 0.279 e. The second kappa shape index (κ2) is 7.43. The van der Waals surface area contributed by atoms with Crippen molar-refractivity contribution in [2.75, 3.05) is 27.2 Å². The lowest BCUT2D eigenvalue weighted by molar-refractivity contribution is 0.321. The molecule has 18 heavy (non-hydrogen) atoms. The zero-order chi connectivity index (χ0) is 13.6. The van der Waals surface area contributed by atoms with Crippen molar-refractivity contribution in [3.8, 4) is 0 Å². The maximum absolute atomic E-state index is 12.1. The summed E-state index contributed by atoms with van der Waals surface area (Å²) in [6.45, 7) is 3.58. The SMILES string of the molecule is CNCCCN(C)S(=O)(=O)NC1CCCC(C)C1. The van der Waals surface area contributed by atoms with E-state index in [1.165, 1.54) is 10.7 Å². The van der Waals surface area contributed by atoms with E-state index in [4.69, 9.17) is 0 Å². The summed E-state index contributed by atoms with van der Waals surface area (Å²) in [5.41, 5.74) is 0. The molecule has 0 aromatic heterocycles. The highest BCUT2D eigenvalue weighted by molar-refractivity contribution is 7.87. The quantitative estimate of drug-likeness (QED) is 0.681. The molecule has 0 aromatic carbocycles. The topological polar surface area (TPSA) is 61.4 Å². The predicted octanol–water partition coefficient (Wildman–Crippen LogP) is 0.941. The van der Waals surface area contributed by atoms with Crippen molar-refractivity contribution >= 4 is 10.2 Å². The van der Waals surface area contributed by atoms with Crippen molar-refractivity contribution in [1.82, 2.24) is 14.3 Å². The molecule has 1 saturated carbocycles. The van der Waals surface area contributed by atoms with Gasteiger partial charge >= 0.3 is 0 Å². The molecule has 0 aromatic rings. The predicted molar refractivity (Wildman–Crippen MR) is 74.6 cm³/mol. The van der Waals surface area contributed by atoms with Gasteiger partial charge in [0.2, 0.25) is 0 Å². The van der Waals surface area contributed by atoms with E-state index in [1.54, 1.807) is 7.05 Å². The number of hydrogen-bond acceptors (Lipinski definition) is 3. The van der Waals surface area contributed by atoms with Crippen LogP contribution in [0, 0.1) is 5.92 Å². The van der Waals surface area contributed by atoms with E-state index >= 15 is 0 Å². The molecular weight excluding hydrogens is 250 g/mol. The monoisotopic (exact) mass is 277 g/mol. The van der Waals surface area contributed by atoms with E-state index in [0.717, 1.165) is 32.2 Å². The zero-order valence-electron chi connectivity index (χ0n) is 11.8. The maximum atomic E-state index is 12.1. The van der Waals surface area contributed by atoms with E-state index < -0.39 is 10.2 Å². The Hall–Kier alpha value is -0.170. The van der Waals surface area contributed by atoms with Crippen LogP contribution in [-0.4, -0.2) is 45.9 Å². The van der Waals surface area contributed by atoms with Crippen LogP contribution in [0.3, 0.4) is 0 Å². The molecule has 0 heterocycles. The highest BCUT2D eigenvalue weighted by Crippen LogP contribution is 2.24. The highest BCUT2D eigenvalue weighted by Gasteiger charge is 2.25. The fourth-order valence-electron chi connectivity index (χ4n) is 2.44. The summed E-state index contributed by atoms with van der Waals surface area (Å²) in [5.74, 6) is 0.626. The first-order valence-electron chi connectivity index (χ1n) is 6.84. The molecule has 0 aliphatic heterocycles. The molecule has 108 valence electrons. The van der Waals surface area contributed by atoms with Gasteiger partial charge in [-0.05, 0) is 38.8 Å². The van der Waals surface area contributed by atoms with Crippen molar-refractivity contribution < 1.29 is 8.42 Å². The normalized spacial score (nSPS) is 25.6. The molecule has 0 bridgehead atoms. The van der Waals surface area contributed by atoms with Crippen molar-refractivity contribution in [1.29, 1.82) is 0 Å². The van der Waals surface area contributed by atoms with E-state index in [2.05, 4.69) is 17.0 Å². The van der Waals surface area contributed by atoms with Gasteiger partial charge in [0, 0.05) is 19.6 Å². The molecule has 2 unspecified atom stereocenters. The summed E-state index contributed by atoms with van der Waals surface area (Å²) < 4.78 is 28.4. The van der Waals surface area contributed by atoms with E-state index in [1.807, 2.05) is 7.05 Å².